The second kappa shape index (κ2) is 4.46. The standard InChI is InChI=1S/C11H19N3O3S/c1-7(2)5-9-10(12)11(15)14(13-9)8-3-4-18(16,17)6-8/h7-8,13H,3-6,12H2,1-2H3. The predicted octanol–water partition coefficient (Wildman–Crippen LogP) is 0.317. The molecular weight excluding hydrogens is 254 g/mol. The van der Waals surface area contributed by atoms with Gasteiger partial charge in [0, 0.05) is 0 Å². The number of aromatic nitrogens is 2. The second-order valence-electron chi connectivity index (χ2n) is 5.33. The van der Waals surface area contributed by atoms with Gasteiger partial charge in [0.05, 0.1) is 23.2 Å². The Labute approximate surface area is 106 Å². The van der Waals surface area contributed by atoms with Gasteiger partial charge in [-0.25, -0.2) is 13.1 Å². The van der Waals surface area contributed by atoms with E-state index >= 15 is 0 Å². The normalized spacial score (nSPS) is 22.7. The van der Waals surface area contributed by atoms with Crippen molar-refractivity contribution in [3.63, 3.8) is 0 Å². The van der Waals surface area contributed by atoms with Gasteiger partial charge in [0.2, 0.25) is 0 Å². The number of hydrogen-bond donors (Lipinski definition) is 2. The summed E-state index contributed by atoms with van der Waals surface area (Å²) in [6.45, 7) is 4.07. The molecule has 0 saturated carbocycles. The lowest BCUT2D eigenvalue weighted by Crippen LogP contribution is -2.24. The number of nitrogens with zero attached hydrogens (tertiary/aromatic N) is 1. The average molecular weight is 273 g/mol. The van der Waals surface area contributed by atoms with E-state index in [1.807, 2.05) is 13.8 Å². The van der Waals surface area contributed by atoms with Gasteiger partial charge in [0.15, 0.2) is 9.84 Å². The zero-order chi connectivity index (χ0) is 13.5. The van der Waals surface area contributed by atoms with E-state index in [2.05, 4.69) is 5.10 Å². The molecule has 2 rings (SSSR count). The van der Waals surface area contributed by atoms with Gasteiger partial charge in [0.25, 0.3) is 5.56 Å². The van der Waals surface area contributed by atoms with E-state index < -0.39 is 9.84 Å². The van der Waals surface area contributed by atoms with Crippen LogP contribution in [0.25, 0.3) is 0 Å². The summed E-state index contributed by atoms with van der Waals surface area (Å²) in [6.07, 6.45) is 1.16. The van der Waals surface area contributed by atoms with Crippen LogP contribution in [-0.2, 0) is 16.3 Å². The van der Waals surface area contributed by atoms with E-state index in [-0.39, 0.29) is 28.8 Å². The number of anilines is 1. The van der Waals surface area contributed by atoms with Crippen molar-refractivity contribution in [3.05, 3.63) is 16.0 Å². The Morgan fingerprint density at radius 3 is 2.67 bits per heavy atom. The zero-order valence-electron chi connectivity index (χ0n) is 10.6. The van der Waals surface area contributed by atoms with Gasteiger partial charge in [0.1, 0.15) is 5.69 Å². The van der Waals surface area contributed by atoms with Crippen molar-refractivity contribution in [2.24, 2.45) is 5.92 Å². The van der Waals surface area contributed by atoms with Crippen molar-refractivity contribution in [1.82, 2.24) is 9.78 Å². The Balaban J connectivity index is 2.33. The summed E-state index contributed by atoms with van der Waals surface area (Å²) in [5, 5.41) is 2.98. The van der Waals surface area contributed by atoms with E-state index in [0.29, 0.717) is 24.5 Å². The van der Waals surface area contributed by atoms with E-state index in [1.54, 1.807) is 0 Å². The molecule has 1 saturated heterocycles. The van der Waals surface area contributed by atoms with Crippen LogP contribution in [0.3, 0.4) is 0 Å². The molecule has 7 heteroatoms. The van der Waals surface area contributed by atoms with Crippen molar-refractivity contribution in [2.45, 2.75) is 32.7 Å². The molecule has 1 unspecified atom stereocenters. The van der Waals surface area contributed by atoms with E-state index in [1.165, 1.54) is 4.68 Å². The van der Waals surface area contributed by atoms with Gasteiger partial charge in [-0.15, -0.1) is 0 Å². The minimum atomic E-state index is -3.01. The first-order chi connectivity index (χ1) is 8.30. The van der Waals surface area contributed by atoms with Crippen LogP contribution in [-0.4, -0.2) is 29.7 Å². The number of rotatable bonds is 3. The highest BCUT2D eigenvalue weighted by Gasteiger charge is 2.31. The molecule has 1 aromatic heterocycles. The van der Waals surface area contributed by atoms with Crippen LogP contribution in [0.5, 0.6) is 0 Å². The lowest BCUT2D eigenvalue weighted by molar-refractivity contribution is 0.478. The lowest BCUT2D eigenvalue weighted by atomic mass is 10.1. The highest BCUT2D eigenvalue weighted by molar-refractivity contribution is 7.91. The van der Waals surface area contributed by atoms with E-state index in [0.717, 1.165) is 0 Å². The van der Waals surface area contributed by atoms with Crippen LogP contribution in [0.4, 0.5) is 5.69 Å². The minimum Gasteiger partial charge on any atom is -0.393 e. The smallest absolute Gasteiger partial charge is 0.290 e. The summed E-state index contributed by atoms with van der Waals surface area (Å²) >= 11 is 0. The predicted molar refractivity (Wildman–Crippen MR) is 70.3 cm³/mol. The number of H-pyrrole nitrogens is 1. The quantitative estimate of drug-likeness (QED) is 0.828. The molecule has 6 nitrogen and oxygen atoms in total. The van der Waals surface area contributed by atoms with Crippen molar-refractivity contribution in [3.8, 4) is 0 Å². The molecule has 0 aromatic carbocycles. The van der Waals surface area contributed by atoms with Gasteiger partial charge in [-0.05, 0) is 18.8 Å². The zero-order valence-corrected chi connectivity index (χ0v) is 11.5. The molecule has 3 N–H and O–H groups in total. The molecule has 1 aromatic rings. The van der Waals surface area contributed by atoms with Crippen LogP contribution >= 0.6 is 0 Å². The van der Waals surface area contributed by atoms with Gasteiger partial charge in [-0.2, -0.15) is 0 Å². The van der Waals surface area contributed by atoms with Crippen LogP contribution in [0.2, 0.25) is 0 Å². The Bertz CT molecular complexity index is 598. The molecule has 1 aliphatic heterocycles. The van der Waals surface area contributed by atoms with Crippen LogP contribution in [0.1, 0.15) is 32.0 Å². The highest BCUT2D eigenvalue weighted by atomic mass is 32.2. The second-order valence-corrected chi connectivity index (χ2v) is 7.56. The maximum atomic E-state index is 12.0. The molecule has 18 heavy (non-hydrogen) atoms. The molecule has 1 atom stereocenters. The van der Waals surface area contributed by atoms with Gasteiger partial charge in [-0.1, -0.05) is 13.8 Å². The fraction of sp³-hybridized carbons (Fsp3) is 0.727. The largest absolute Gasteiger partial charge is 0.393 e. The number of sulfone groups is 1. The minimum absolute atomic E-state index is 0.0218. The highest BCUT2D eigenvalue weighted by Crippen LogP contribution is 2.23. The third kappa shape index (κ3) is 2.45. The molecule has 1 aliphatic rings. The Kier molecular flexibility index (Phi) is 3.27. The van der Waals surface area contributed by atoms with Crippen LogP contribution < -0.4 is 11.3 Å². The maximum absolute atomic E-state index is 12.0. The van der Waals surface area contributed by atoms with Crippen molar-refractivity contribution in [1.29, 1.82) is 0 Å². The molecule has 0 radical (unpaired) electrons. The number of nitrogen functional groups attached to an aromatic ring is 1. The van der Waals surface area contributed by atoms with E-state index in [4.69, 9.17) is 5.73 Å². The number of nitrogens with two attached hydrogens (primary N) is 1. The molecule has 0 spiro atoms. The number of nitrogens with one attached hydrogen (secondary N) is 1. The molecular formula is C11H19N3O3S. The summed E-state index contributed by atoms with van der Waals surface area (Å²) in [7, 11) is -3.01. The van der Waals surface area contributed by atoms with Gasteiger partial charge >= 0.3 is 0 Å². The number of hydrogen-bond acceptors (Lipinski definition) is 4. The van der Waals surface area contributed by atoms with Crippen molar-refractivity contribution in [2.75, 3.05) is 17.2 Å². The van der Waals surface area contributed by atoms with Gasteiger partial charge < -0.3 is 5.73 Å². The van der Waals surface area contributed by atoms with Crippen LogP contribution in [0, 0.1) is 5.92 Å². The SMILES string of the molecule is CC(C)Cc1[nH]n(C2CCS(=O)(=O)C2)c(=O)c1N. The van der Waals surface area contributed by atoms with Crippen molar-refractivity contribution < 1.29 is 8.42 Å². The summed E-state index contributed by atoms with van der Waals surface area (Å²) in [5.41, 5.74) is 6.40. The Morgan fingerprint density at radius 1 is 1.50 bits per heavy atom. The summed E-state index contributed by atoms with van der Waals surface area (Å²) in [6, 6.07) is -0.300. The van der Waals surface area contributed by atoms with E-state index in [9.17, 15) is 13.2 Å². The Morgan fingerprint density at radius 2 is 2.17 bits per heavy atom. The van der Waals surface area contributed by atoms with Crippen LogP contribution in [0.15, 0.2) is 4.79 Å². The summed E-state index contributed by atoms with van der Waals surface area (Å²) < 4.78 is 24.3. The monoisotopic (exact) mass is 273 g/mol. The third-order valence-electron chi connectivity index (χ3n) is 3.22. The van der Waals surface area contributed by atoms with Gasteiger partial charge in [-0.3, -0.25) is 9.89 Å². The first-order valence-electron chi connectivity index (χ1n) is 6.09. The molecule has 0 aliphatic carbocycles. The molecule has 2 heterocycles. The fourth-order valence-electron chi connectivity index (χ4n) is 2.32. The Hall–Kier alpha value is -1.24. The molecule has 1 fully saturated rings. The third-order valence-corrected chi connectivity index (χ3v) is 4.97. The number of aromatic amines is 1. The molecule has 0 bridgehead atoms. The summed E-state index contributed by atoms with van der Waals surface area (Å²) in [4.78, 5) is 12.0. The average Bonchev–Trinajstić information content (AvgIpc) is 2.73. The van der Waals surface area contributed by atoms with Crippen molar-refractivity contribution >= 4 is 15.5 Å². The first kappa shape index (κ1) is 13.2. The summed E-state index contributed by atoms with van der Waals surface area (Å²) in [5.74, 6) is 0.544. The molecule has 102 valence electrons. The topological polar surface area (TPSA) is 98.0 Å². The lowest BCUT2D eigenvalue weighted by Gasteiger charge is -2.08. The fourth-order valence-corrected chi connectivity index (χ4v) is 4.02. The molecule has 0 amide bonds. The maximum Gasteiger partial charge on any atom is 0.290 e. The first-order valence-corrected chi connectivity index (χ1v) is 7.91.